The normalized spacial score (nSPS) is 10.2. The van der Waals surface area contributed by atoms with Gasteiger partial charge in [-0.3, -0.25) is 14.5 Å². The quantitative estimate of drug-likeness (QED) is 0.702. The fourth-order valence-corrected chi connectivity index (χ4v) is 1.42. The largest absolute Gasteiger partial charge is 0.292 e. The van der Waals surface area contributed by atoms with E-state index in [-0.39, 0.29) is 5.78 Å². The Morgan fingerprint density at radius 3 is 2.60 bits per heavy atom. The monoisotopic (exact) mass is 201 g/mol. The lowest BCUT2D eigenvalue weighted by atomic mass is 10.1. The Morgan fingerprint density at radius 1 is 1.27 bits per heavy atom. The van der Waals surface area contributed by atoms with Crippen LogP contribution in [0.2, 0.25) is 0 Å². The van der Waals surface area contributed by atoms with Gasteiger partial charge in [0.1, 0.15) is 5.69 Å². The summed E-state index contributed by atoms with van der Waals surface area (Å²) in [5, 5.41) is 3.96. The highest BCUT2D eigenvalue weighted by Gasteiger charge is 2.10. The number of aromatic nitrogens is 3. The van der Waals surface area contributed by atoms with Crippen molar-refractivity contribution in [3.05, 3.63) is 48.0 Å². The van der Waals surface area contributed by atoms with E-state index in [1.54, 1.807) is 36.4 Å². The van der Waals surface area contributed by atoms with Crippen LogP contribution in [-0.4, -0.2) is 20.5 Å². The molecule has 2 rings (SSSR count). The molecule has 0 spiro atoms. The lowest BCUT2D eigenvalue weighted by molar-refractivity contribution is 0.0984. The zero-order valence-corrected chi connectivity index (χ0v) is 8.42. The summed E-state index contributed by atoms with van der Waals surface area (Å²) in [5.74, 6) is 0.0706. The maximum absolute atomic E-state index is 11.8. The van der Waals surface area contributed by atoms with Crippen LogP contribution in [0, 0.1) is 0 Å². The van der Waals surface area contributed by atoms with E-state index in [4.69, 9.17) is 0 Å². The van der Waals surface area contributed by atoms with E-state index in [1.165, 1.54) is 0 Å². The maximum atomic E-state index is 11.8. The predicted molar refractivity (Wildman–Crippen MR) is 55.5 cm³/mol. The van der Waals surface area contributed by atoms with Crippen molar-refractivity contribution < 1.29 is 4.79 Å². The summed E-state index contributed by atoms with van der Waals surface area (Å²) in [5.41, 5.74) is 1.60. The Hall–Kier alpha value is -1.97. The van der Waals surface area contributed by atoms with Crippen molar-refractivity contribution in [2.24, 2.45) is 7.05 Å². The SMILES string of the molecule is Cn1nccc1C(=O)Cc1ccncc1. The number of nitrogens with zero attached hydrogens (tertiary/aromatic N) is 3. The number of hydrogen-bond donors (Lipinski definition) is 0. The summed E-state index contributed by atoms with van der Waals surface area (Å²) in [6, 6.07) is 5.41. The lowest BCUT2D eigenvalue weighted by Crippen LogP contribution is -2.09. The molecular weight excluding hydrogens is 190 g/mol. The first-order chi connectivity index (χ1) is 7.27. The number of pyridine rings is 1. The van der Waals surface area contributed by atoms with Gasteiger partial charge < -0.3 is 0 Å². The summed E-state index contributed by atoms with van der Waals surface area (Å²) in [4.78, 5) is 15.7. The number of carbonyl (C=O) groups is 1. The van der Waals surface area contributed by atoms with Crippen LogP contribution in [0.1, 0.15) is 16.1 Å². The molecule has 0 saturated carbocycles. The van der Waals surface area contributed by atoms with E-state index in [9.17, 15) is 4.79 Å². The van der Waals surface area contributed by atoms with E-state index < -0.39 is 0 Å². The fourth-order valence-electron chi connectivity index (χ4n) is 1.42. The molecule has 76 valence electrons. The Labute approximate surface area is 87.6 Å². The standard InChI is InChI=1S/C11H11N3O/c1-14-10(4-7-13-14)11(15)8-9-2-5-12-6-3-9/h2-7H,8H2,1H3. The van der Waals surface area contributed by atoms with Gasteiger partial charge >= 0.3 is 0 Å². The van der Waals surface area contributed by atoms with Gasteiger partial charge in [-0.25, -0.2) is 0 Å². The van der Waals surface area contributed by atoms with Crippen LogP contribution in [-0.2, 0) is 13.5 Å². The van der Waals surface area contributed by atoms with Crippen molar-refractivity contribution in [2.45, 2.75) is 6.42 Å². The van der Waals surface area contributed by atoms with Crippen molar-refractivity contribution in [1.29, 1.82) is 0 Å². The van der Waals surface area contributed by atoms with Gasteiger partial charge in [0, 0.05) is 32.1 Å². The second-order valence-corrected chi connectivity index (χ2v) is 3.30. The molecular formula is C11H11N3O. The van der Waals surface area contributed by atoms with Gasteiger partial charge in [0.2, 0.25) is 0 Å². The third-order valence-electron chi connectivity index (χ3n) is 2.22. The molecule has 0 aromatic carbocycles. The Balaban J connectivity index is 2.15. The average molecular weight is 201 g/mol. The van der Waals surface area contributed by atoms with Crippen molar-refractivity contribution in [1.82, 2.24) is 14.8 Å². The number of carbonyl (C=O) groups excluding carboxylic acids is 1. The van der Waals surface area contributed by atoms with Crippen LogP contribution >= 0.6 is 0 Å². The van der Waals surface area contributed by atoms with Gasteiger partial charge in [0.25, 0.3) is 0 Å². The minimum Gasteiger partial charge on any atom is -0.292 e. The number of hydrogen-bond acceptors (Lipinski definition) is 3. The molecule has 0 saturated heterocycles. The number of rotatable bonds is 3. The summed E-state index contributed by atoms with van der Waals surface area (Å²) >= 11 is 0. The smallest absolute Gasteiger partial charge is 0.185 e. The summed E-state index contributed by atoms with van der Waals surface area (Å²) in [6.07, 6.45) is 5.39. The van der Waals surface area contributed by atoms with E-state index in [0.717, 1.165) is 5.56 Å². The number of aryl methyl sites for hydroxylation is 1. The average Bonchev–Trinajstić information content (AvgIpc) is 2.66. The van der Waals surface area contributed by atoms with Crippen molar-refractivity contribution >= 4 is 5.78 Å². The highest BCUT2D eigenvalue weighted by Crippen LogP contribution is 2.05. The topological polar surface area (TPSA) is 47.8 Å². The van der Waals surface area contributed by atoms with Crippen molar-refractivity contribution in [3.63, 3.8) is 0 Å². The van der Waals surface area contributed by atoms with Crippen LogP contribution in [0.25, 0.3) is 0 Å². The molecule has 0 N–H and O–H groups in total. The molecule has 0 fully saturated rings. The first kappa shape index (κ1) is 9.58. The molecule has 0 aliphatic carbocycles. The van der Waals surface area contributed by atoms with Crippen molar-refractivity contribution in [3.8, 4) is 0 Å². The van der Waals surface area contributed by atoms with Crippen LogP contribution in [0.3, 0.4) is 0 Å². The molecule has 4 heteroatoms. The first-order valence-corrected chi connectivity index (χ1v) is 4.67. The third-order valence-corrected chi connectivity index (χ3v) is 2.22. The Morgan fingerprint density at radius 2 is 2.00 bits per heavy atom. The fraction of sp³-hybridized carbons (Fsp3) is 0.182. The minimum absolute atomic E-state index is 0.0706. The zero-order chi connectivity index (χ0) is 10.7. The molecule has 0 amide bonds. The number of Topliss-reactive ketones (excluding diaryl/α,β-unsaturated/α-hetero) is 1. The Kier molecular flexibility index (Phi) is 2.58. The van der Waals surface area contributed by atoms with Crippen molar-refractivity contribution in [2.75, 3.05) is 0 Å². The molecule has 2 aromatic rings. The van der Waals surface area contributed by atoms with Gasteiger partial charge in [-0.15, -0.1) is 0 Å². The van der Waals surface area contributed by atoms with Crippen LogP contribution in [0.5, 0.6) is 0 Å². The predicted octanol–water partition coefficient (Wildman–Crippen LogP) is 1.24. The molecule has 0 unspecified atom stereocenters. The molecule has 0 atom stereocenters. The van der Waals surface area contributed by atoms with Gasteiger partial charge in [-0.1, -0.05) is 0 Å². The molecule has 2 aromatic heterocycles. The highest BCUT2D eigenvalue weighted by molar-refractivity contribution is 5.95. The maximum Gasteiger partial charge on any atom is 0.185 e. The molecule has 0 radical (unpaired) electrons. The Bertz CT molecular complexity index is 462. The molecule has 0 bridgehead atoms. The van der Waals surface area contributed by atoms with E-state index in [1.807, 2.05) is 12.1 Å². The van der Waals surface area contributed by atoms with Crippen LogP contribution in [0.15, 0.2) is 36.8 Å². The van der Waals surface area contributed by atoms with Gasteiger partial charge in [0.05, 0.1) is 0 Å². The van der Waals surface area contributed by atoms with Crippen LogP contribution in [0.4, 0.5) is 0 Å². The van der Waals surface area contributed by atoms with Gasteiger partial charge in [-0.2, -0.15) is 5.10 Å². The summed E-state index contributed by atoms with van der Waals surface area (Å²) < 4.78 is 1.59. The lowest BCUT2D eigenvalue weighted by Gasteiger charge is -2.00. The van der Waals surface area contributed by atoms with Crippen LogP contribution < -0.4 is 0 Å². The summed E-state index contributed by atoms with van der Waals surface area (Å²) in [7, 11) is 1.76. The number of ketones is 1. The second kappa shape index (κ2) is 4.04. The zero-order valence-electron chi connectivity index (χ0n) is 8.42. The van der Waals surface area contributed by atoms with E-state index in [2.05, 4.69) is 10.1 Å². The highest BCUT2D eigenvalue weighted by atomic mass is 16.1. The first-order valence-electron chi connectivity index (χ1n) is 4.67. The molecule has 0 aliphatic heterocycles. The van der Waals surface area contributed by atoms with Gasteiger partial charge in [0.15, 0.2) is 5.78 Å². The minimum atomic E-state index is 0.0706. The van der Waals surface area contributed by atoms with E-state index in [0.29, 0.717) is 12.1 Å². The van der Waals surface area contributed by atoms with E-state index >= 15 is 0 Å². The summed E-state index contributed by atoms with van der Waals surface area (Å²) in [6.45, 7) is 0. The molecule has 15 heavy (non-hydrogen) atoms. The van der Waals surface area contributed by atoms with Gasteiger partial charge in [-0.05, 0) is 23.8 Å². The molecule has 4 nitrogen and oxygen atoms in total. The second-order valence-electron chi connectivity index (χ2n) is 3.30. The third kappa shape index (κ3) is 2.10. The molecule has 2 heterocycles. The molecule has 0 aliphatic rings.